The van der Waals surface area contributed by atoms with Gasteiger partial charge in [0.05, 0.1) is 23.2 Å². The fraction of sp³-hybridized carbons (Fsp3) is 0.385. The molecule has 5 heteroatoms. The fourth-order valence-electron chi connectivity index (χ4n) is 1.55. The normalized spacial score (nSPS) is 11.7. The Balaban J connectivity index is 2.86. The minimum atomic E-state index is -0.290. The van der Waals surface area contributed by atoms with Crippen LogP contribution in [0.5, 0.6) is 5.75 Å². The topological polar surface area (TPSA) is 64.3 Å². The number of nitrogens with one attached hydrogen (secondary N) is 1. The molecule has 0 aromatic heterocycles. The molecule has 0 saturated heterocycles. The summed E-state index contributed by atoms with van der Waals surface area (Å²) in [7, 11) is 0. The highest BCUT2D eigenvalue weighted by Gasteiger charge is 2.17. The van der Waals surface area contributed by atoms with Gasteiger partial charge in [-0.3, -0.25) is 4.79 Å². The molecule has 0 saturated carbocycles. The summed E-state index contributed by atoms with van der Waals surface area (Å²) in [6, 6.07) is 6.81. The van der Waals surface area contributed by atoms with Crippen molar-refractivity contribution in [1.29, 1.82) is 0 Å². The third-order valence-electron chi connectivity index (χ3n) is 2.49. The number of rotatable bonds is 6. The number of ether oxygens (including phenoxy) is 1. The minimum absolute atomic E-state index is 0.223. The van der Waals surface area contributed by atoms with Gasteiger partial charge in [-0.05, 0) is 25.5 Å². The SMILES string of the molecule is CCOc1ccccc1C(=O)NC(CC)C(N)=S. The molecule has 0 bridgehead atoms. The van der Waals surface area contributed by atoms with Crippen molar-refractivity contribution >= 4 is 23.1 Å². The lowest BCUT2D eigenvalue weighted by atomic mass is 10.1. The molecule has 1 rings (SSSR count). The molecule has 3 N–H and O–H groups in total. The van der Waals surface area contributed by atoms with Crippen molar-refractivity contribution in [2.75, 3.05) is 6.61 Å². The largest absolute Gasteiger partial charge is 0.493 e. The first-order valence-corrected chi connectivity index (χ1v) is 6.33. The Hall–Kier alpha value is -1.62. The number of nitrogens with two attached hydrogens (primary N) is 1. The summed E-state index contributed by atoms with van der Waals surface area (Å²) in [5, 5.41) is 2.80. The van der Waals surface area contributed by atoms with E-state index in [0.717, 1.165) is 0 Å². The lowest BCUT2D eigenvalue weighted by Crippen LogP contribution is -2.43. The predicted octanol–water partition coefficient (Wildman–Crippen LogP) is 1.88. The fourth-order valence-corrected chi connectivity index (χ4v) is 1.77. The Morgan fingerprint density at radius 2 is 2.11 bits per heavy atom. The highest BCUT2D eigenvalue weighted by atomic mass is 32.1. The molecule has 18 heavy (non-hydrogen) atoms. The molecule has 1 unspecified atom stereocenters. The van der Waals surface area contributed by atoms with E-state index in [2.05, 4.69) is 5.32 Å². The van der Waals surface area contributed by atoms with Gasteiger partial charge in [-0.25, -0.2) is 0 Å². The maximum absolute atomic E-state index is 12.1. The lowest BCUT2D eigenvalue weighted by Gasteiger charge is -2.16. The van der Waals surface area contributed by atoms with E-state index in [1.807, 2.05) is 19.9 Å². The zero-order chi connectivity index (χ0) is 13.5. The van der Waals surface area contributed by atoms with Crippen LogP contribution >= 0.6 is 12.2 Å². The average Bonchev–Trinajstić information content (AvgIpc) is 2.36. The van der Waals surface area contributed by atoms with Gasteiger partial charge >= 0.3 is 0 Å². The molecule has 4 nitrogen and oxygen atoms in total. The number of hydrogen-bond donors (Lipinski definition) is 2. The summed E-state index contributed by atoms with van der Waals surface area (Å²) >= 11 is 4.90. The first kappa shape index (κ1) is 14.4. The second-order valence-electron chi connectivity index (χ2n) is 3.77. The van der Waals surface area contributed by atoms with Gasteiger partial charge < -0.3 is 15.8 Å². The zero-order valence-corrected chi connectivity index (χ0v) is 11.4. The van der Waals surface area contributed by atoms with Gasteiger partial charge in [-0.15, -0.1) is 0 Å². The molecule has 1 aromatic rings. The first-order chi connectivity index (χ1) is 8.60. The Bertz CT molecular complexity index is 435. The van der Waals surface area contributed by atoms with Gasteiger partial charge in [0.1, 0.15) is 5.75 Å². The Morgan fingerprint density at radius 1 is 1.44 bits per heavy atom. The van der Waals surface area contributed by atoms with Crippen molar-refractivity contribution in [3.05, 3.63) is 29.8 Å². The van der Waals surface area contributed by atoms with E-state index < -0.39 is 0 Å². The number of carbonyl (C=O) groups excluding carboxylic acids is 1. The number of thiocarbonyl (C=S) groups is 1. The van der Waals surface area contributed by atoms with Crippen LogP contribution in [0.3, 0.4) is 0 Å². The van der Waals surface area contributed by atoms with E-state index in [4.69, 9.17) is 22.7 Å². The number of benzene rings is 1. The van der Waals surface area contributed by atoms with Crippen LogP contribution in [-0.2, 0) is 0 Å². The first-order valence-electron chi connectivity index (χ1n) is 5.92. The molecule has 0 spiro atoms. The second kappa shape index (κ2) is 6.96. The van der Waals surface area contributed by atoms with E-state index >= 15 is 0 Å². The summed E-state index contributed by atoms with van der Waals surface area (Å²) in [5.41, 5.74) is 6.05. The van der Waals surface area contributed by atoms with Crippen molar-refractivity contribution in [3.8, 4) is 5.75 Å². The molecule has 0 aliphatic heterocycles. The van der Waals surface area contributed by atoms with Crippen LogP contribution in [0.25, 0.3) is 0 Å². The second-order valence-corrected chi connectivity index (χ2v) is 4.24. The third-order valence-corrected chi connectivity index (χ3v) is 2.77. The summed E-state index contributed by atoms with van der Waals surface area (Å²) in [6.45, 7) is 4.30. The molecule has 0 aliphatic carbocycles. The summed E-state index contributed by atoms with van der Waals surface area (Å²) in [6.07, 6.45) is 0.665. The molecule has 1 aromatic carbocycles. The van der Waals surface area contributed by atoms with Crippen LogP contribution < -0.4 is 15.8 Å². The van der Waals surface area contributed by atoms with Crippen molar-refractivity contribution in [1.82, 2.24) is 5.32 Å². The number of amides is 1. The molecule has 0 fully saturated rings. The average molecular weight is 266 g/mol. The monoisotopic (exact) mass is 266 g/mol. The maximum Gasteiger partial charge on any atom is 0.255 e. The Labute approximate surface area is 113 Å². The summed E-state index contributed by atoms with van der Waals surface area (Å²) < 4.78 is 5.41. The Morgan fingerprint density at radius 3 is 2.67 bits per heavy atom. The summed E-state index contributed by atoms with van der Waals surface area (Å²) in [4.78, 5) is 12.4. The zero-order valence-electron chi connectivity index (χ0n) is 10.6. The molecule has 98 valence electrons. The van der Waals surface area contributed by atoms with Crippen molar-refractivity contribution in [3.63, 3.8) is 0 Å². The minimum Gasteiger partial charge on any atom is -0.493 e. The van der Waals surface area contributed by atoms with E-state index in [0.29, 0.717) is 29.3 Å². The van der Waals surface area contributed by atoms with Gasteiger partial charge in [0.2, 0.25) is 0 Å². The third kappa shape index (κ3) is 3.70. The van der Waals surface area contributed by atoms with Crippen LogP contribution in [0.15, 0.2) is 24.3 Å². The molecular weight excluding hydrogens is 248 g/mol. The number of hydrogen-bond acceptors (Lipinski definition) is 3. The van der Waals surface area contributed by atoms with Gasteiger partial charge in [0.15, 0.2) is 0 Å². The van der Waals surface area contributed by atoms with Crippen LogP contribution in [-0.4, -0.2) is 23.5 Å². The number of para-hydroxylation sites is 1. The van der Waals surface area contributed by atoms with Crippen molar-refractivity contribution in [2.45, 2.75) is 26.3 Å². The molecular formula is C13H18N2O2S. The number of carbonyl (C=O) groups is 1. The molecule has 0 aliphatic rings. The molecule has 0 radical (unpaired) electrons. The smallest absolute Gasteiger partial charge is 0.255 e. The van der Waals surface area contributed by atoms with E-state index in [-0.39, 0.29) is 11.9 Å². The van der Waals surface area contributed by atoms with Gasteiger partial charge in [-0.1, -0.05) is 31.3 Å². The Kier molecular flexibility index (Phi) is 5.58. The molecule has 0 heterocycles. The van der Waals surface area contributed by atoms with Crippen molar-refractivity contribution in [2.24, 2.45) is 5.73 Å². The standard InChI is InChI=1S/C13H18N2O2S/c1-3-10(12(14)18)15-13(16)9-7-5-6-8-11(9)17-4-2/h5-8,10H,3-4H2,1-2H3,(H2,14,18)(H,15,16). The highest BCUT2D eigenvalue weighted by Crippen LogP contribution is 2.17. The summed E-state index contributed by atoms with van der Waals surface area (Å²) in [5.74, 6) is 0.342. The highest BCUT2D eigenvalue weighted by molar-refractivity contribution is 7.80. The van der Waals surface area contributed by atoms with Gasteiger partial charge in [0.25, 0.3) is 5.91 Å². The predicted molar refractivity (Wildman–Crippen MR) is 75.9 cm³/mol. The molecule has 1 amide bonds. The van der Waals surface area contributed by atoms with Crippen LogP contribution in [0.1, 0.15) is 30.6 Å². The van der Waals surface area contributed by atoms with Crippen LogP contribution in [0.4, 0.5) is 0 Å². The van der Waals surface area contributed by atoms with Crippen LogP contribution in [0.2, 0.25) is 0 Å². The molecule has 1 atom stereocenters. The van der Waals surface area contributed by atoms with Gasteiger partial charge in [-0.2, -0.15) is 0 Å². The van der Waals surface area contributed by atoms with Gasteiger partial charge in [0, 0.05) is 0 Å². The van der Waals surface area contributed by atoms with E-state index in [1.165, 1.54) is 0 Å². The maximum atomic E-state index is 12.1. The van der Waals surface area contributed by atoms with E-state index in [9.17, 15) is 4.79 Å². The van der Waals surface area contributed by atoms with Crippen LogP contribution in [0, 0.1) is 0 Å². The van der Waals surface area contributed by atoms with E-state index in [1.54, 1.807) is 18.2 Å². The quantitative estimate of drug-likeness (QED) is 0.772. The lowest BCUT2D eigenvalue weighted by molar-refractivity contribution is 0.0942. The van der Waals surface area contributed by atoms with Crippen molar-refractivity contribution < 1.29 is 9.53 Å².